The first-order chi connectivity index (χ1) is 16.9. The number of nitrogens with one attached hydrogen (secondary N) is 2. The van der Waals surface area contributed by atoms with Gasteiger partial charge in [0.25, 0.3) is 5.91 Å². The van der Waals surface area contributed by atoms with Crippen LogP contribution in [0, 0.1) is 11.8 Å². The van der Waals surface area contributed by atoms with Crippen molar-refractivity contribution in [3.05, 3.63) is 35.9 Å². The average Bonchev–Trinajstić information content (AvgIpc) is 2.77. The molecule has 1 heterocycles. The van der Waals surface area contributed by atoms with E-state index in [2.05, 4.69) is 67.5 Å². The third kappa shape index (κ3) is 10.1. The molecule has 0 spiro atoms. The van der Waals surface area contributed by atoms with Crippen molar-refractivity contribution in [2.24, 2.45) is 11.8 Å². The van der Waals surface area contributed by atoms with E-state index < -0.39 is 17.4 Å². The number of piperidine rings is 1. The van der Waals surface area contributed by atoms with Crippen LogP contribution >= 0.6 is 0 Å². The van der Waals surface area contributed by atoms with Gasteiger partial charge in [0.2, 0.25) is 0 Å². The van der Waals surface area contributed by atoms with Crippen LogP contribution in [-0.2, 0) is 16.0 Å². The van der Waals surface area contributed by atoms with Crippen LogP contribution in [0.15, 0.2) is 30.3 Å². The first kappa shape index (κ1) is 30.1. The average molecular weight is 502 g/mol. The topological polar surface area (TPSA) is 70.7 Å². The Hall–Kier alpha value is -2.08. The summed E-state index contributed by atoms with van der Waals surface area (Å²) >= 11 is 0. The highest BCUT2D eigenvalue weighted by Crippen LogP contribution is 2.29. The van der Waals surface area contributed by atoms with Crippen molar-refractivity contribution in [2.45, 2.75) is 117 Å². The lowest BCUT2D eigenvalue weighted by Gasteiger charge is -2.46. The summed E-state index contributed by atoms with van der Waals surface area (Å²) < 4.78 is 5.62. The Morgan fingerprint density at radius 2 is 1.72 bits per heavy atom. The van der Waals surface area contributed by atoms with Gasteiger partial charge in [0.15, 0.2) is 5.66 Å². The highest BCUT2D eigenvalue weighted by atomic mass is 16.6. The maximum atomic E-state index is 14.1. The number of amides is 2. The fraction of sp³-hybridized carbons (Fsp3) is 0.733. The first-order valence-electron chi connectivity index (χ1n) is 14.0. The molecule has 1 fully saturated rings. The maximum absolute atomic E-state index is 14.1. The summed E-state index contributed by atoms with van der Waals surface area (Å²) in [5, 5.41) is 6.44. The summed E-state index contributed by atoms with van der Waals surface area (Å²) in [4.78, 5) is 29.3. The molecule has 0 aromatic heterocycles. The molecule has 1 aliphatic rings. The molecule has 36 heavy (non-hydrogen) atoms. The van der Waals surface area contributed by atoms with Crippen LogP contribution in [0.3, 0.4) is 0 Å². The molecule has 2 atom stereocenters. The smallest absolute Gasteiger partial charge is 0.409 e. The van der Waals surface area contributed by atoms with Gasteiger partial charge in [-0.15, -0.1) is 0 Å². The molecule has 6 heteroatoms. The van der Waals surface area contributed by atoms with Crippen molar-refractivity contribution < 1.29 is 14.3 Å². The SMILES string of the molecule is CC(C)CCCN1CCCC[C@@]1(NC(=O)OC(C)(C)C)C(=O)N[C@@H](CCc1ccccc1)CC(C)C. The number of ether oxygens (including phenoxy) is 1. The van der Waals surface area contributed by atoms with E-state index >= 15 is 0 Å². The number of hydrogen-bond donors (Lipinski definition) is 2. The Kier molecular flexibility index (Phi) is 11.7. The van der Waals surface area contributed by atoms with Gasteiger partial charge < -0.3 is 10.1 Å². The second-order valence-corrected chi connectivity index (χ2v) is 12.3. The van der Waals surface area contributed by atoms with Crippen LogP contribution in [0.25, 0.3) is 0 Å². The molecule has 6 nitrogen and oxygen atoms in total. The lowest BCUT2D eigenvalue weighted by Crippen LogP contribution is -2.71. The maximum Gasteiger partial charge on any atom is 0.409 e. The summed E-state index contributed by atoms with van der Waals surface area (Å²) in [6.45, 7) is 15.9. The summed E-state index contributed by atoms with van der Waals surface area (Å²) in [6, 6.07) is 10.5. The van der Waals surface area contributed by atoms with Crippen LogP contribution in [0.4, 0.5) is 4.79 Å². The van der Waals surface area contributed by atoms with E-state index in [1.165, 1.54) is 5.56 Å². The Morgan fingerprint density at radius 1 is 1.03 bits per heavy atom. The van der Waals surface area contributed by atoms with Gasteiger partial charge in [0.05, 0.1) is 0 Å². The fourth-order valence-electron chi connectivity index (χ4n) is 5.06. The van der Waals surface area contributed by atoms with Gasteiger partial charge in [0.1, 0.15) is 5.60 Å². The number of carbonyl (C=O) groups excluding carboxylic acids is 2. The van der Waals surface area contributed by atoms with E-state index in [4.69, 9.17) is 4.74 Å². The van der Waals surface area contributed by atoms with E-state index in [1.807, 2.05) is 26.8 Å². The normalized spacial score (nSPS) is 19.8. The van der Waals surface area contributed by atoms with Gasteiger partial charge in [-0.25, -0.2) is 4.79 Å². The van der Waals surface area contributed by atoms with E-state index in [-0.39, 0.29) is 11.9 Å². The Balaban J connectivity index is 2.26. The molecule has 0 saturated carbocycles. The molecule has 204 valence electrons. The minimum absolute atomic E-state index is 0.0365. The van der Waals surface area contributed by atoms with E-state index in [0.29, 0.717) is 18.3 Å². The molecular weight excluding hydrogens is 450 g/mol. The number of alkyl carbamates (subject to hydrolysis) is 1. The monoisotopic (exact) mass is 501 g/mol. The molecule has 0 bridgehead atoms. The standard InChI is InChI=1S/C30H51N3O3/c1-23(2)14-13-21-33-20-12-11-19-30(33,32-28(35)36-29(5,6)7)27(34)31-26(22-24(3)4)18-17-25-15-9-8-10-16-25/h8-10,15-16,23-24,26H,11-14,17-22H2,1-7H3,(H,31,34)(H,32,35)/t26-,30-/m0/s1. The molecule has 1 aromatic carbocycles. The van der Waals surface area contributed by atoms with Crippen molar-refractivity contribution in [1.82, 2.24) is 15.5 Å². The number of hydrogen-bond acceptors (Lipinski definition) is 4. The Labute approximate surface area is 219 Å². The van der Waals surface area contributed by atoms with Gasteiger partial charge in [-0.3, -0.25) is 15.0 Å². The Bertz CT molecular complexity index is 803. The number of carbonyl (C=O) groups is 2. The van der Waals surface area contributed by atoms with E-state index in [1.54, 1.807) is 0 Å². The zero-order valence-electron chi connectivity index (χ0n) is 23.9. The lowest BCUT2D eigenvalue weighted by molar-refractivity contribution is -0.140. The number of benzene rings is 1. The molecule has 0 unspecified atom stereocenters. The molecule has 0 aliphatic carbocycles. The second kappa shape index (κ2) is 14.0. The van der Waals surface area contributed by atoms with E-state index in [9.17, 15) is 9.59 Å². The molecule has 1 aromatic rings. The highest BCUT2D eigenvalue weighted by Gasteiger charge is 2.48. The second-order valence-electron chi connectivity index (χ2n) is 12.3. The molecule has 1 aliphatic heterocycles. The van der Waals surface area contributed by atoms with Crippen molar-refractivity contribution in [3.8, 4) is 0 Å². The molecule has 1 saturated heterocycles. The fourth-order valence-corrected chi connectivity index (χ4v) is 5.06. The Morgan fingerprint density at radius 3 is 2.33 bits per heavy atom. The number of aryl methyl sites for hydroxylation is 1. The van der Waals surface area contributed by atoms with Crippen LogP contribution < -0.4 is 10.6 Å². The van der Waals surface area contributed by atoms with Crippen LogP contribution in [0.5, 0.6) is 0 Å². The van der Waals surface area contributed by atoms with Crippen LogP contribution in [-0.4, -0.2) is 47.3 Å². The van der Waals surface area contributed by atoms with Gasteiger partial charge in [-0.1, -0.05) is 58.0 Å². The van der Waals surface area contributed by atoms with Gasteiger partial charge in [-0.2, -0.15) is 0 Å². The number of nitrogens with zero attached hydrogens (tertiary/aromatic N) is 1. The molecule has 2 rings (SSSR count). The summed E-state index contributed by atoms with van der Waals surface area (Å²) in [5.41, 5.74) is -0.441. The predicted octanol–water partition coefficient (Wildman–Crippen LogP) is 6.29. The van der Waals surface area contributed by atoms with Gasteiger partial charge >= 0.3 is 6.09 Å². The minimum Gasteiger partial charge on any atom is -0.444 e. The molecular formula is C30H51N3O3. The zero-order valence-corrected chi connectivity index (χ0v) is 23.9. The minimum atomic E-state index is -1.08. The van der Waals surface area contributed by atoms with Crippen LogP contribution in [0.1, 0.15) is 99.0 Å². The first-order valence-corrected chi connectivity index (χ1v) is 14.0. The summed E-state index contributed by atoms with van der Waals surface area (Å²) in [5.74, 6) is 0.955. The van der Waals surface area contributed by atoms with Crippen molar-refractivity contribution >= 4 is 12.0 Å². The number of rotatable bonds is 12. The molecule has 2 N–H and O–H groups in total. The third-order valence-electron chi connectivity index (χ3n) is 6.76. The van der Waals surface area contributed by atoms with Crippen LogP contribution in [0.2, 0.25) is 0 Å². The van der Waals surface area contributed by atoms with Gasteiger partial charge in [-0.05, 0) is 89.5 Å². The van der Waals surface area contributed by atoms with Crippen molar-refractivity contribution in [3.63, 3.8) is 0 Å². The van der Waals surface area contributed by atoms with Crippen molar-refractivity contribution in [2.75, 3.05) is 13.1 Å². The largest absolute Gasteiger partial charge is 0.444 e. The summed E-state index contributed by atoms with van der Waals surface area (Å²) in [6.07, 6.45) is 6.73. The predicted molar refractivity (Wildman–Crippen MR) is 148 cm³/mol. The van der Waals surface area contributed by atoms with E-state index in [0.717, 1.165) is 58.0 Å². The third-order valence-corrected chi connectivity index (χ3v) is 6.76. The molecule has 0 radical (unpaired) electrons. The zero-order chi connectivity index (χ0) is 26.8. The molecule has 2 amide bonds. The van der Waals surface area contributed by atoms with Crippen molar-refractivity contribution in [1.29, 1.82) is 0 Å². The number of likely N-dealkylation sites (tertiary alicyclic amines) is 1. The quantitative estimate of drug-likeness (QED) is 0.353. The lowest BCUT2D eigenvalue weighted by atomic mass is 9.91. The highest BCUT2D eigenvalue weighted by molar-refractivity contribution is 5.90. The van der Waals surface area contributed by atoms with Gasteiger partial charge in [0, 0.05) is 19.1 Å². The summed E-state index contributed by atoms with van der Waals surface area (Å²) in [7, 11) is 0.